The molecule has 0 aromatic heterocycles. The number of benzene rings is 1. The summed E-state index contributed by atoms with van der Waals surface area (Å²) in [5.41, 5.74) is -0.360. The van der Waals surface area contributed by atoms with Gasteiger partial charge in [0.15, 0.2) is 0 Å². The average molecular weight is 259 g/mol. The summed E-state index contributed by atoms with van der Waals surface area (Å²) in [6.07, 6.45) is -3.41. The third kappa shape index (κ3) is 3.03. The molecule has 0 bridgehead atoms. The Morgan fingerprint density at radius 2 is 2.11 bits per heavy atom. The van der Waals surface area contributed by atoms with E-state index in [2.05, 4.69) is 5.32 Å². The van der Waals surface area contributed by atoms with Crippen molar-refractivity contribution in [1.29, 1.82) is 0 Å². The smallest absolute Gasteiger partial charge is 0.388 e. The van der Waals surface area contributed by atoms with Crippen LogP contribution in [0.1, 0.15) is 30.1 Å². The lowest BCUT2D eigenvalue weighted by atomic mass is 9.89. The molecule has 0 amide bonds. The molecule has 5 heteroatoms. The highest BCUT2D eigenvalue weighted by Gasteiger charge is 2.31. The van der Waals surface area contributed by atoms with Crippen molar-refractivity contribution in [3.63, 3.8) is 0 Å². The molecule has 1 heterocycles. The summed E-state index contributed by atoms with van der Waals surface area (Å²) in [6.45, 7) is 1.56. The molecule has 1 aromatic rings. The van der Waals surface area contributed by atoms with Crippen LogP contribution < -0.4 is 5.32 Å². The monoisotopic (exact) mass is 259 g/mol. The topological polar surface area (TPSA) is 32.3 Å². The Kier molecular flexibility index (Phi) is 3.92. The molecular weight excluding hydrogens is 243 g/mol. The van der Waals surface area contributed by atoms with E-state index in [-0.39, 0.29) is 5.92 Å². The van der Waals surface area contributed by atoms with Crippen LogP contribution in [0.15, 0.2) is 24.3 Å². The Labute approximate surface area is 104 Å². The fourth-order valence-corrected chi connectivity index (χ4v) is 2.32. The number of rotatable bonds is 2. The zero-order valence-electron chi connectivity index (χ0n) is 9.87. The van der Waals surface area contributed by atoms with Gasteiger partial charge < -0.3 is 10.4 Å². The van der Waals surface area contributed by atoms with Gasteiger partial charge in [0.2, 0.25) is 0 Å². The van der Waals surface area contributed by atoms with E-state index in [1.807, 2.05) is 0 Å². The highest BCUT2D eigenvalue weighted by molar-refractivity contribution is 5.27. The maximum atomic E-state index is 12.6. The lowest BCUT2D eigenvalue weighted by Crippen LogP contribution is -2.33. The third-order valence-corrected chi connectivity index (χ3v) is 3.34. The Balaban J connectivity index is 2.17. The molecular formula is C13H16F3NO. The van der Waals surface area contributed by atoms with E-state index in [0.717, 1.165) is 31.5 Å². The van der Waals surface area contributed by atoms with Crippen LogP contribution in [0.2, 0.25) is 0 Å². The molecule has 18 heavy (non-hydrogen) atoms. The highest BCUT2D eigenvalue weighted by atomic mass is 19.4. The zero-order chi connectivity index (χ0) is 13.2. The van der Waals surface area contributed by atoms with E-state index in [0.29, 0.717) is 12.1 Å². The summed E-state index contributed by atoms with van der Waals surface area (Å²) in [5.74, 6) is -0.0118. The van der Waals surface area contributed by atoms with Crippen molar-refractivity contribution in [2.75, 3.05) is 13.1 Å². The van der Waals surface area contributed by atoms with Crippen LogP contribution in [0.5, 0.6) is 0 Å². The fourth-order valence-electron chi connectivity index (χ4n) is 2.32. The number of aliphatic hydroxyl groups is 1. The largest absolute Gasteiger partial charge is 0.416 e. The summed E-state index contributed by atoms with van der Waals surface area (Å²) in [5, 5.41) is 13.3. The van der Waals surface area contributed by atoms with E-state index in [9.17, 15) is 18.3 Å². The van der Waals surface area contributed by atoms with Crippen LogP contribution >= 0.6 is 0 Å². The zero-order valence-corrected chi connectivity index (χ0v) is 9.87. The number of nitrogens with one attached hydrogen (secondary N) is 1. The van der Waals surface area contributed by atoms with Gasteiger partial charge in [-0.2, -0.15) is 13.2 Å². The quantitative estimate of drug-likeness (QED) is 0.856. The van der Waals surface area contributed by atoms with E-state index in [4.69, 9.17) is 0 Å². The minimum absolute atomic E-state index is 0.0118. The molecule has 0 spiro atoms. The molecule has 1 aliphatic heterocycles. The minimum atomic E-state index is -4.36. The second kappa shape index (κ2) is 5.28. The number of halogens is 3. The normalized spacial score (nSPS) is 22.8. The Morgan fingerprint density at radius 1 is 1.33 bits per heavy atom. The van der Waals surface area contributed by atoms with E-state index in [1.54, 1.807) is 6.07 Å². The van der Waals surface area contributed by atoms with Gasteiger partial charge in [-0.1, -0.05) is 12.1 Å². The van der Waals surface area contributed by atoms with Crippen molar-refractivity contribution in [3.8, 4) is 0 Å². The molecule has 0 unspecified atom stereocenters. The molecule has 1 fully saturated rings. The van der Waals surface area contributed by atoms with Crippen molar-refractivity contribution in [2.24, 2.45) is 5.92 Å². The molecule has 0 aliphatic carbocycles. The predicted molar refractivity (Wildman–Crippen MR) is 62.0 cm³/mol. The summed E-state index contributed by atoms with van der Waals surface area (Å²) >= 11 is 0. The van der Waals surface area contributed by atoms with Crippen LogP contribution in [0, 0.1) is 5.92 Å². The number of piperidine rings is 1. The average Bonchev–Trinajstić information content (AvgIpc) is 2.38. The van der Waals surface area contributed by atoms with Gasteiger partial charge in [-0.25, -0.2) is 0 Å². The summed E-state index contributed by atoms with van der Waals surface area (Å²) in [7, 11) is 0. The van der Waals surface area contributed by atoms with Crippen molar-refractivity contribution < 1.29 is 18.3 Å². The van der Waals surface area contributed by atoms with E-state index >= 15 is 0 Å². The van der Waals surface area contributed by atoms with Crippen LogP contribution in [-0.4, -0.2) is 18.2 Å². The third-order valence-electron chi connectivity index (χ3n) is 3.34. The van der Waals surface area contributed by atoms with Gasteiger partial charge in [0.05, 0.1) is 11.7 Å². The standard InChI is InChI=1S/C13H16F3NO/c14-13(15,16)11-5-1-3-9(7-11)12(18)10-4-2-6-17-8-10/h1,3,5,7,10,12,17-18H,2,4,6,8H2/t10-,12+/m1/s1. The molecule has 2 N–H and O–H groups in total. The lowest BCUT2D eigenvalue weighted by molar-refractivity contribution is -0.137. The molecule has 0 radical (unpaired) electrons. The summed E-state index contributed by atoms with van der Waals surface area (Å²) in [4.78, 5) is 0. The molecule has 2 nitrogen and oxygen atoms in total. The molecule has 2 rings (SSSR count). The summed E-state index contributed by atoms with van der Waals surface area (Å²) in [6, 6.07) is 4.96. The van der Waals surface area contributed by atoms with Gasteiger partial charge in [0.25, 0.3) is 0 Å². The lowest BCUT2D eigenvalue weighted by Gasteiger charge is -2.27. The minimum Gasteiger partial charge on any atom is -0.388 e. The van der Waals surface area contributed by atoms with Crippen LogP contribution in [0.4, 0.5) is 13.2 Å². The Morgan fingerprint density at radius 3 is 2.72 bits per heavy atom. The van der Waals surface area contributed by atoms with Crippen LogP contribution in [0.25, 0.3) is 0 Å². The first-order chi connectivity index (χ1) is 8.48. The first-order valence-corrected chi connectivity index (χ1v) is 6.04. The molecule has 1 aliphatic rings. The van der Waals surface area contributed by atoms with Crippen molar-refractivity contribution >= 4 is 0 Å². The van der Waals surface area contributed by atoms with Crippen LogP contribution in [0.3, 0.4) is 0 Å². The Hall–Kier alpha value is -1.07. The first kappa shape index (κ1) is 13.4. The van der Waals surface area contributed by atoms with Gasteiger partial charge in [-0.05, 0) is 37.1 Å². The van der Waals surface area contributed by atoms with Gasteiger partial charge >= 0.3 is 6.18 Å². The molecule has 100 valence electrons. The Bertz CT molecular complexity index is 399. The second-order valence-electron chi connectivity index (χ2n) is 4.67. The SMILES string of the molecule is O[C@@H](c1cccc(C(F)(F)F)c1)[C@@H]1CCCNC1. The number of alkyl halides is 3. The van der Waals surface area contributed by atoms with Crippen molar-refractivity contribution in [3.05, 3.63) is 35.4 Å². The second-order valence-corrected chi connectivity index (χ2v) is 4.67. The first-order valence-electron chi connectivity index (χ1n) is 6.04. The van der Waals surface area contributed by atoms with Gasteiger partial charge in [-0.15, -0.1) is 0 Å². The summed E-state index contributed by atoms with van der Waals surface area (Å²) < 4.78 is 37.7. The van der Waals surface area contributed by atoms with Crippen LogP contribution in [-0.2, 0) is 6.18 Å². The maximum Gasteiger partial charge on any atom is 0.416 e. The number of hydrogen-bond acceptors (Lipinski definition) is 2. The predicted octanol–water partition coefficient (Wildman–Crippen LogP) is 2.74. The van der Waals surface area contributed by atoms with Gasteiger partial charge in [-0.3, -0.25) is 0 Å². The molecule has 0 saturated carbocycles. The van der Waals surface area contributed by atoms with E-state index in [1.165, 1.54) is 6.07 Å². The number of hydrogen-bond donors (Lipinski definition) is 2. The van der Waals surface area contributed by atoms with Gasteiger partial charge in [0, 0.05) is 12.5 Å². The molecule has 2 atom stereocenters. The number of aliphatic hydroxyl groups excluding tert-OH is 1. The van der Waals surface area contributed by atoms with Crippen molar-refractivity contribution in [2.45, 2.75) is 25.1 Å². The van der Waals surface area contributed by atoms with Gasteiger partial charge in [0.1, 0.15) is 0 Å². The highest BCUT2D eigenvalue weighted by Crippen LogP contribution is 2.33. The molecule has 1 saturated heterocycles. The van der Waals surface area contributed by atoms with Crippen molar-refractivity contribution in [1.82, 2.24) is 5.32 Å². The maximum absolute atomic E-state index is 12.6. The fraction of sp³-hybridized carbons (Fsp3) is 0.538. The van der Waals surface area contributed by atoms with E-state index < -0.39 is 17.8 Å². The molecule has 1 aromatic carbocycles.